The second-order valence-electron chi connectivity index (χ2n) is 8.35. The zero-order valence-corrected chi connectivity index (χ0v) is 18.5. The highest BCUT2D eigenvalue weighted by molar-refractivity contribution is 6.02. The Morgan fingerprint density at radius 1 is 1.00 bits per heavy atom. The molecular weight excluding hydrogens is 420 g/mol. The van der Waals surface area contributed by atoms with E-state index in [9.17, 15) is 14.4 Å². The zero-order valence-electron chi connectivity index (χ0n) is 18.5. The number of ether oxygens (including phenoxy) is 1. The number of amides is 1. The van der Waals surface area contributed by atoms with Crippen molar-refractivity contribution in [1.29, 1.82) is 0 Å². The van der Waals surface area contributed by atoms with E-state index in [4.69, 9.17) is 4.74 Å². The van der Waals surface area contributed by atoms with Crippen molar-refractivity contribution in [3.8, 4) is 0 Å². The molecule has 5 rings (SSSR count). The maximum atomic E-state index is 13.5. The molecule has 1 saturated heterocycles. The number of nitrogens with zero attached hydrogens (tertiary/aromatic N) is 2. The summed E-state index contributed by atoms with van der Waals surface area (Å²) in [5.74, 6) is -0.482. The number of benzene rings is 2. The molecule has 2 N–H and O–H groups in total. The summed E-state index contributed by atoms with van der Waals surface area (Å²) in [6, 6.07) is 15.3. The molecule has 4 aromatic rings. The van der Waals surface area contributed by atoms with Gasteiger partial charge < -0.3 is 19.6 Å². The first-order chi connectivity index (χ1) is 16.1. The zero-order chi connectivity index (χ0) is 22.9. The van der Waals surface area contributed by atoms with Crippen LogP contribution in [0.25, 0.3) is 21.9 Å². The fourth-order valence-electron chi connectivity index (χ4n) is 4.84. The normalized spacial score (nSPS) is 14.8. The number of esters is 1. The second kappa shape index (κ2) is 8.61. The number of hydrogen-bond acceptors (Lipinski definition) is 4. The molecule has 0 atom stereocenters. The topological polar surface area (TPSA) is 100 Å². The van der Waals surface area contributed by atoms with E-state index in [0.717, 1.165) is 21.9 Å². The Morgan fingerprint density at radius 3 is 2.45 bits per heavy atom. The van der Waals surface area contributed by atoms with Crippen LogP contribution >= 0.6 is 0 Å². The van der Waals surface area contributed by atoms with E-state index in [1.165, 1.54) is 0 Å². The van der Waals surface area contributed by atoms with Crippen LogP contribution in [0.4, 0.5) is 0 Å². The summed E-state index contributed by atoms with van der Waals surface area (Å²) in [6.45, 7) is 3.13. The summed E-state index contributed by atoms with van der Waals surface area (Å²) >= 11 is 0. The molecular formula is C25H26N4O4. The highest BCUT2D eigenvalue weighted by Gasteiger charge is 2.29. The molecule has 170 valence electrons. The van der Waals surface area contributed by atoms with E-state index < -0.39 is 0 Å². The smallest absolute Gasteiger partial charge is 0.326 e. The Morgan fingerprint density at radius 2 is 1.70 bits per heavy atom. The maximum absolute atomic E-state index is 13.5. The number of aromatic nitrogens is 3. The SMILES string of the molecule is CCOC(=O)Cc1c(C(=O)N2CCC(n3c(=O)[nH]c4ccccc43)CC2)[nH]c2ccccc12. The summed E-state index contributed by atoms with van der Waals surface area (Å²) in [5.41, 5.74) is 3.52. The highest BCUT2D eigenvalue weighted by Crippen LogP contribution is 2.28. The fourth-order valence-corrected chi connectivity index (χ4v) is 4.84. The van der Waals surface area contributed by atoms with E-state index >= 15 is 0 Å². The van der Waals surface area contributed by atoms with E-state index in [2.05, 4.69) is 9.97 Å². The number of likely N-dealkylation sites (tertiary alicyclic amines) is 1. The van der Waals surface area contributed by atoms with Crippen LogP contribution in [-0.2, 0) is 16.0 Å². The number of carbonyl (C=O) groups excluding carboxylic acids is 2. The molecule has 2 aromatic carbocycles. The number of hydrogen-bond donors (Lipinski definition) is 2. The van der Waals surface area contributed by atoms with E-state index in [-0.39, 0.29) is 30.0 Å². The summed E-state index contributed by atoms with van der Waals surface area (Å²) in [6.07, 6.45) is 1.40. The second-order valence-corrected chi connectivity index (χ2v) is 8.35. The predicted molar refractivity (Wildman–Crippen MR) is 125 cm³/mol. The summed E-state index contributed by atoms with van der Waals surface area (Å²) in [4.78, 5) is 46.2. The molecule has 0 spiro atoms. The van der Waals surface area contributed by atoms with Crippen LogP contribution in [0, 0.1) is 0 Å². The lowest BCUT2D eigenvalue weighted by Gasteiger charge is -2.32. The summed E-state index contributed by atoms with van der Waals surface area (Å²) < 4.78 is 6.94. The quantitative estimate of drug-likeness (QED) is 0.459. The van der Waals surface area contributed by atoms with Crippen LogP contribution < -0.4 is 5.69 Å². The molecule has 0 radical (unpaired) electrons. The number of H-pyrrole nitrogens is 2. The van der Waals surface area contributed by atoms with Gasteiger partial charge in [0, 0.05) is 35.6 Å². The Balaban J connectivity index is 1.38. The standard InChI is InChI=1S/C25H26N4O4/c1-2-33-22(30)15-18-17-7-3-4-8-19(17)26-23(18)24(31)28-13-11-16(12-14-28)29-21-10-6-5-9-20(21)27-25(29)32/h3-10,16,26H,2,11-15H2,1H3,(H,27,32). The molecule has 1 aliphatic rings. The molecule has 3 heterocycles. The van der Waals surface area contributed by atoms with Crippen LogP contribution in [0.3, 0.4) is 0 Å². The van der Waals surface area contributed by atoms with Gasteiger partial charge in [-0.15, -0.1) is 0 Å². The minimum absolute atomic E-state index is 0.0272. The first kappa shape index (κ1) is 21.1. The molecule has 1 aliphatic heterocycles. The average Bonchev–Trinajstić information content (AvgIpc) is 3.36. The van der Waals surface area contributed by atoms with Gasteiger partial charge in [0.2, 0.25) is 0 Å². The Hall–Kier alpha value is -3.81. The average molecular weight is 447 g/mol. The fraction of sp³-hybridized carbons (Fsp3) is 0.320. The first-order valence-electron chi connectivity index (χ1n) is 11.3. The largest absolute Gasteiger partial charge is 0.466 e. The van der Waals surface area contributed by atoms with Crippen molar-refractivity contribution in [3.63, 3.8) is 0 Å². The van der Waals surface area contributed by atoms with E-state index in [1.54, 1.807) is 11.8 Å². The van der Waals surface area contributed by atoms with Crippen LogP contribution in [0.2, 0.25) is 0 Å². The third kappa shape index (κ3) is 3.82. The third-order valence-electron chi connectivity index (χ3n) is 6.39. The number of imidazole rings is 1. The van der Waals surface area contributed by atoms with Crippen molar-refractivity contribution >= 4 is 33.8 Å². The number of rotatable bonds is 5. The van der Waals surface area contributed by atoms with Gasteiger partial charge in [0.25, 0.3) is 5.91 Å². The van der Waals surface area contributed by atoms with Gasteiger partial charge in [0.05, 0.1) is 24.1 Å². The van der Waals surface area contributed by atoms with Crippen LogP contribution in [-0.4, -0.2) is 51.0 Å². The van der Waals surface area contributed by atoms with E-state index in [1.807, 2.05) is 53.1 Å². The highest BCUT2D eigenvalue weighted by atomic mass is 16.5. The Kier molecular flexibility index (Phi) is 5.50. The van der Waals surface area contributed by atoms with Crippen molar-refractivity contribution in [3.05, 3.63) is 70.3 Å². The van der Waals surface area contributed by atoms with Crippen molar-refractivity contribution in [2.24, 2.45) is 0 Å². The lowest BCUT2D eigenvalue weighted by Crippen LogP contribution is -2.41. The van der Waals surface area contributed by atoms with Gasteiger partial charge in [-0.3, -0.25) is 14.2 Å². The summed E-state index contributed by atoms with van der Waals surface area (Å²) in [5, 5.41) is 0.856. The molecule has 0 bridgehead atoms. The molecule has 2 aromatic heterocycles. The number of aromatic amines is 2. The van der Waals surface area contributed by atoms with Gasteiger partial charge >= 0.3 is 11.7 Å². The third-order valence-corrected chi connectivity index (χ3v) is 6.39. The van der Waals surface area contributed by atoms with Crippen molar-refractivity contribution in [1.82, 2.24) is 19.4 Å². The van der Waals surface area contributed by atoms with Gasteiger partial charge in [0.15, 0.2) is 0 Å². The van der Waals surface area contributed by atoms with Gasteiger partial charge in [-0.25, -0.2) is 4.79 Å². The number of piperidine rings is 1. The molecule has 0 aliphatic carbocycles. The molecule has 0 saturated carbocycles. The molecule has 8 nitrogen and oxygen atoms in total. The number of carbonyl (C=O) groups is 2. The lowest BCUT2D eigenvalue weighted by molar-refractivity contribution is -0.142. The van der Waals surface area contributed by atoms with Crippen molar-refractivity contribution in [2.75, 3.05) is 19.7 Å². The molecule has 8 heteroatoms. The minimum atomic E-state index is -0.353. The van der Waals surface area contributed by atoms with Gasteiger partial charge in [0.1, 0.15) is 5.69 Å². The monoisotopic (exact) mass is 446 g/mol. The molecule has 1 fully saturated rings. The van der Waals surface area contributed by atoms with Gasteiger partial charge in [-0.05, 0) is 38.0 Å². The maximum Gasteiger partial charge on any atom is 0.326 e. The Labute approximate surface area is 190 Å². The van der Waals surface area contributed by atoms with Crippen LogP contribution in [0.5, 0.6) is 0 Å². The first-order valence-corrected chi connectivity index (χ1v) is 11.3. The van der Waals surface area contributed by atoms with E-state index in [0.29, 0.717) is 43.8 Å². The predicted octanol–water partition coefficient (Wildman–Crippen LogP) is 3.39. The molecule has 33 heavy (non-hydrogen) atoms. The Bertz CT molecular complexity index is 1390. The van der Waals surface area contributed by atoms with Gasteiger partial charge in [-0.2, -0.15) is 0 Å². The number of para-hydroxylation sites is 3. The van der Waals surface area contributed by atoms with Gasteiger partial charge in [-0.1, -0.05) is 30.3 Å². The van der Waals surface area contributed by atoms with Crippen molar-refractivity contribution < 1.29 is 14.3 Å². The molecule has 0 unspecified atom stereocenters. The van der Waals surface area contributed by atoms with Crippen LogP contribution in [0.1, 0.15) is 41.9 Å². The van der Waals surface area contributed by atoms with Crippen molar-refractivity contribution in [2.45, 2.75) is 32.2 Å². The minimum Gasteiger partial charge on any atom is -0.466 e. The molecule has 1 amide bonds. The number of fused-ring (bicyclic) bond motifs is 2. The summed E-state index contributed by atoms with van der Waals surface area (Å²) in [7, 11) is 0. The van der Waals surface area contributed by atoms with Crippen LogP contribution in [0.15, 0.2) is 53.3 Å². The lowest BCUT2D eigenvalue weighted by atomic mass is 10.0. The number of nitrogens with one attached hydrogen (secondary N) is 2.